The lowest BCUT2D eigenvalue weighted by atomic mass is 10.1. The van der Waals surface area contributed by atoms with Crippen LogP contribution in [0, 0.1) is 0 Å². The first-order valence-electron chi connectivity index (χ1n) is 8.21. The minimum atomic E-state index is -0.471. The minimum absolute atomic E-state index is 0.384. The molecule has 0 aliphatic heterocycles. The number of benzene rings is 1. The molecule has 22 heavy (non-hydrogen) atoms. The number of amides is 1. The fourth-order valence-electron chi connectivity index (χ4n) is 2.10. The molecule has 0 saturated heterocycles. The number of unbranched alkanes of at least 4 members (excludes halogenated alkanes) is 3. The number of ether oxygens (including phenoxy) is 1. The van der Waals surface area contributed by atoms with Crippen molar-refractivity contribution in [2.75, 3.05) is 11.9 Å². The maximum Gasteiger partial charge on any atom is 0.407 e. The highest BCUT2D eigenvalue weighted by Gasteiger charge is 2.15. The second-order valence-electron chi connectivity index (χ2n) is 6.50. The molecule has 0 atom stereocenters. The first-order valence-corrected chi connectivity index (χ1v) is 8.21. The molecule has 4 nitrogen and oxygen atoms in total. The van der Waals surface area contributed by atoms with Gasteiger partial charge in [-0.2, -0.15) is 0 Å². The van der Waals surface area contributed by atoms with E-state index in [1.54, 1.807) is 0 Å². The van der Waals surface area contributed by atoms with Gasteiger partial charge in [0.2, 0.25) is 0 Å². The SMILES string of the molecule is CCCCCCNc1ccccc1CNC(=O)OC(C)(C)C. The van der Waals surface area contributed by atoms with E-state index in [9.17, 15) is 4.79 Å². The summed E-state index contributed by atoms with van der Waals surface area (Å²) in [5, 5.41) is 6.26. The van der Waals surface area contributed by atoms with Gasteiger partial charge in [0.15, 0.2) is 0 Å². The predicted octanol–water partition coefficient (Wildman–Crippen LogP) is 4.70. The van der Waals surface area contributed by atoms with E-state index < -0.39 is 5.60 Å². The topological polar surface area (TPSA) is 50.4 Å². The molecular formula is C18H30N2O2. The number of alkyl carbamates (subject to hydrolysis) is 1. The van der Waals surface area contributed by atoms with Crippen LogP contribution in [0.25, 0.3) is 0 Å². The average Bonchev–Trinajstić information content (AvgIpc) is 2.44. The summed E-state index contributed by atoms with van der Waals surface area (Å²) in [6.07, 6.45) is 4.56. The predicted molar refractivity (Wildman–Crippen MR) is 92.1 cm³/mol. The zero-order valence-corrected chi connectivity index (χ0v) is 14.4. The van der Waals surface area contributed by atoms with Crippen LogP contribution in [-0.2, 0) is 11.3 Å². The van der Waals surface area contributed by atoms with E-state index in [1.807, 2.05) is 45.0 Å². The molecule has 1 aromatic rings. The van der Waals surface area contributed by atoms with E-state index in [1.165, 1.54) is 25.7 Å². The molecule has 0 aromatic heterocycles. The zero-order chi connectivity index (χ0) is 16.4. The second-order valence-corrected chi connectivity index (χ2v) is 6.50. The summed E-state index contributed by atoms with van der Waals surface area (Å²) in [4.78, 5) is 11.7. The highest BCUT2D eigenvalue weighted by atomic mass is 16.6. The van der Waals surface area contributed by atoms with Crippen LogP contribution >= 0.6 is 0 Å². The van der Waals surface area contributed by atoms with Gasteiger partial charge in [-0.05, 0) is 38.8 Å². The third-order valence-electron chi connectivity index (χ3n) is 3.19. The van der Waals surface area contributed by atoms with E-state index >= 15 is 0 Å². The first-order chi connectivity index (χ1) is 10.4. The van der Waals surface area contributed by atoms with Gasteiger partial charge in [0.05, 0.1) is 0 Å². The summed E-state index contributed by atoms with van der Waals surface area (Å²) in [6.45, 7) is 9.22. The summed E-state index contributed by atoms with van der Waals surface area (Å²) in [5.41, 5.74) is 1.68. The van der Waals surface area contributed by atoms with Crippen LogP contribution in [0.4, 0.5) is 10.5 Å². The van der Waals surface area contributed by atoms with Crippen LogP contribution in [0.1, 0.15) is 58.9 Å². The van der Waals surface area contributed by atoms with Crippen molar-refractivity contribution in [1.29, 1.82) is 0 Å². The second kappa shape index (κ2) is 9.34. The van der Waals surface area contributed by atoms with Crippen LogP contribution in [0.5, 0.6) is 0 Å². The van der Waals surface area contributed by atoms with Crippen LogP contribution in [0.3, 0.4) is 0 Å². The average molecular weight is 306 g/mol. The van der Waals surface area contributed by atoms with E-state index in [0.717, 1.165) is 17.8 Å². The summed E-state index contributed by atoms with van der Waals surface area (Å²) in [6, 6.07) is 8.05. The van der Waals surface area contributed by atoms with Crippen LogP contribution in [-0.4, -0.2) is 18.2 Å². The lowest BCUT2D eigenvalue weighted by Crippen LogP contribution is -2.32. The molecule has 2 N–H and O–H groups in total. The Hall–Kier alpha value is -1.71. The normalized spacial score (nSPS) is 11.1. The Bertz CT molecular complexity index is 453. The molecule has 0 saturated carbocycles. The summed E-state index contributed by atoms with van der Waals surface area (Å²) < 4.78 is 5.25. The van der Waals surface area contributed by atoms with Gasteiger partial charge in [-0.3, -0.25) is 0 Å². The van der Waals surface area contributed by atoms with Crippen molar-refractivity contribution in [3.63, 3.8) is 0 Å². The molecule has 0 heterocycles. The number of hydrogen-bond donors (Lipinski definition) is 2. The Morgan fingerprint density at radius 1 is 1.14 bits per heavy atom. The molecule has 0 aliphatic carbocycles. The van der Waals surface area contributed by atoms with Crippen LogP contribution < -0.4 is 10.6 Å². The van der Waals surface area contributed by atoms with E-state index in [0.29, 0.717) is 6.54 Å². The van der Waals surface area contributed by atoms with Gasteiger partial charge in [0, 0.05) is 18.8 Å². The molecule has 4 heteroatoms. The fraction of sp³-hybridized carbons (Fsp3) is 0.611. The quantitative estimate of drug-likeness (QED) is 0.684. The van der Waals surface area contributed by atoms with Crippen molar-refractivity contribution in [2.24, 2.45) is 0 Å². The zero-order valence-electron chi connectivity index (χ0n) is 14.4. The number of para-hydroxylation sites is 1. The minimum Gasteiger partial charge on any atom is -0.444 e. The maximum atomic E-state index is 11.7. The highest BCUT2D eigenvalue weighted by Crippen LogP contribution is 2.15. The Balaban J connectivity index is 2.44. The number of carbonyl (C=O) groups is 1. The molecular weight excluding hydrogens is 276 g/mol. The van der Waals surface area contributed by atoms with E-state index in [4.69, 9.17) is 4.74 Å². The summed E-state index contributed by atoms with van der Waals surface area (Å²) in [7, 11) is 0. The first kappa shape index (κ1) is 18.3. The Kier molecular flexibility index (Phi) is 7.78. The van der Waals surface area contributed by atoms with Gasteiger partial charge in [-0.15, -0.1) is 0 Å². The van der Waals surface area contributed by atoms with Crippen LogP contribution in [0.15, 0.2) is 24.3 Å². The molecule has 0 fully saturated rings. The highest BCUT2D eigenvalue weighted by molar-refractivity contribution is 5.68. The number of carbonyl (C=O) groups excluding carboxylic acids is 1. The van der Waals surface area contributed by atoms with Gasteiger partial charge in [0.25, 0.3) is 0 Å². The van der Waals surface area contributed by atoms with Crippen molar-refractivity contribution in [2.45, 2.75) is 65.5 Å². The van der Waals surface area contributed by atoms with Crippen molar-refractivity contribution < 1.29 is 9.53 Å². The monoisotopic (exact) mass is 306 g/mol. The van der Waals surface area contributed by atoms with Crippen molar-refractivity contribution in [3.05, 3.63) is 29.8 Å². The van der Waals surface area contributed by atoms with Gasteiger partial charge < -0.3 is 15.4 Å². The molecule has 0 bridgehead atoms. The molecule has 0 spiro atoms. The van der Waals surface area contributed by atoms with Crippen molar-refractivity contribution in [1.82, 2.24) is 5.32 Å². The largest absolute Gasteiger partial charge is 0.444 e. The lowest BCUT2D eigenvalue weighted by Gasteiger charge is -2.20. The molecule has 1 rings (SSSR count). The summed E-state index contributed by atoms with van der Waals surface area (Å²) >= 11 is 0. The lowest BCUT2D eigenvalue weighted by molar-refractivity contribution is 0.0523. The Morgan fingerprint density at radius 3 is 2.55 bits per heavy atom. The Labute approximate surface area is 134 Å². The molecule has 124 valence electrons. The number of hydrogen-bond acceptors (Lipinski definition) is 3. The smallest absolute Gasteiger partial charge is 0.407 e. The number of anilines is 1. The number of rotatable bonds is 8. The molecule has 1 amide bonds. The van der Waals surface area contributed by atoms with Crippen molar-refractivity contribution in [3.8, 4) is 0 Å². The maximum absolute atomic E-state index is 11.7. The van der Waals surface area contributed by atoms with Gasteiger partial charge in [-0.1, -0.05) is 44.4 Å². The molecule has 0 radical (unpaired) electrons. The summed E-state index contributed by atoms with van der Waals surface area (Å²) in [5.74, 6) is 0. The fourth-order valence-corrected chi connectivity index (χ4v) is 2.10. The van der Waals surface area contributed by atoms with Gasteiger partial charge in [0.1, 0.15) is 5.60 Å². The van der Waals surface area contributed by atoms with Gasteiger partial charge in [-0.25, -0.2) is 4.79 Å². The third-order valence-corrected chi connectivity index (χ3v) is 3.19. The third kappa shape index (κ3) is 7.91. The molecule has 0 unspecified atom stereocenters. The molecule has 1 aromatic carbocycles. The Morgan fingerprint density at radius 2 is 1.86 bits per heavy atom. The van der Waals surface area contributed by atoms with Crippen molar-refractivity contribution >= 4 is 11.8 Å². The standard InChI is InChI=1S/C18H30N2O2/c1-5-6-7-10-13-19-16-12-9-8-11-15(16)14-20-17(21)22-18(2,3)4/h8-9,11-12,19H,5-7,10,13-14H2,1-4H3,(H,20,21). The van der Waals surface area contributed by atoms with E-state index in [2.05, 4.69) is 17.6 Å². The van der Waals surface area contributed by atoms with Gasteiger partial charge >= 0.3 is 6.09 Å². The number of nitrogens with one attached hydrogen (secondary N) is 2. The molecule has 0 aliphatic rings. The van der Waals surface area contributed by atoms with Crippen LogP contribution in [0.2, 0.25) is 0 Å². The van der Waals surface area contributed by atoms with E-state index in [-0.39, 0.29) is 6.09 Å².